The van der Waals surface area contributed by atoms with E-state index in [2.05, 4.69) is 9.97 Å². The van der Waals surface area contributed by atoms with Gasteiger partial charge >= 0.3 is 5.97 Å². The number of hydrogen-bond acceptors (Lipinski definition) is 3. The van der Waals surface area contributed by atoms with Crippen molar-refractivity contribution in [2.24, 2.45) is 5.73 Å². The molecule has 0 unspecified atom stereocenters. The van der Waals surface area contributed by atoms with Crippen LogP contribution in [0.5, 0.6) is 0 Å². The van der Waals surface area contributed by atoms with Crippen LogP contribution in [0.1, 0.15) is 5.69 Å². The first-order valence-electron chi connectivity index (χ1n) is 3.16. The Morgan fingerprint density at radius 3 is 2.50 bits per heavy atom. The Labute approximate surface area is 77.4 Å². The van der Waals surface area contributed by atoms with E-state index >= 15 is 0 Å². The molecule has 0 aliphatic rings. The third-order valence-electron chi connectivity index (χ3n) is 1.31. The molecule has 0 amide bonds. The van der Waals surface area contributed by atoms with Crippen molar-refractivity contribution in [2.45, 2.75) is 12.5 Å². The number of carbonyl (C=O) groups is 1. The number of halogens is 3. The average Bonchev–Trinajstić information content (AvgIpc) is 2.39. The van der Waals surface area contributed by atoms with Crippen molar-refractivity contribution < 1.29 is 24.0 Å². The predicted molar refractivity (Wildman–Crippen MR) is 45.4 cm³/mol. The Morgan fingerprint density at radius 1 is 1.57 bits per heavy atom. The maximum atomic E-state index is 10.3. The molecule has 0 aromatic carbocycles. The monoisotopic (exact) mass is 215 g/mol. The number of rotatable bonds is 3. The summed E-state index contributed by atoms with van der Waals surface area (Å²) < 4.78 is 0. The molecule has 0 radical (unpaired) electrons. The third-order valence-corrected chi connectivity index (χ3v) is 1.31. The van der Waals surface area contributed by atoms with Gasteiger partial charge in [-0.05, 0) is 0 Å². The largest absolute Gasteiger partial charge is 0.480 e. The fraction of sp³-hybridized carbons (Fsp3) is 0.333. The average molecular weight is 215 g/mol. The second-order valence-corrected chi connectivity index (χ2v) is 2.23. The number of hydrogen-bond donors (Lipinski definition) is 3. The summed E-state index contributed by atoms with van der Waals surface area (Å²) >= 11 is 0. The normalized spacial score (nSPS) is 10.1. The Morgan fingerprint density at radius 2 is 2.14 bits per heavy atom. The van der Waals surface area contributed by atoms with E-state index in [1.54, 1.807) is 6.20 Å². The van der Waals surface area contributed by atoms with Gasteiger partial charge in [-0.25, -0.2) is 4.98 Å². The zero-order chi connectivity index (χ0) is 8.27. The number of H-pyrrole nitrogens is 1. The SMILES string of the molecule is F.F.F.N[C@@H](Cc1cnc[nH]1)C(=O)O. The first-order chi connectivity index (χ1) is 5.20. The molecule has 14 heavy (non-hydrogen) atoms. The number of nitrogens with zero attached hydrogens (tertiary/aromatic N) is 1. The first-order valence-corrected chi connectivity index (χ1v) is 3.16. The Kier molecular flexibility index (Phi) is 10.5. The zero-order valence-electron chi connectivity index (χ0n) is 7.04. The van der Waals surface area contributed by atoms with Crippen molar-refractivity contribution in [1.29, 1.82) is 0 Å². The van der Waals surface area contributed by atoms with Crippen LogP contribution in [0.4, 0.5) is 14.1 Å². The van der Waals surface area contributed by atoms with E-state index < -0.39 is 12.0 Å². The number of aliphatic carboxylic acids is 1. The summed E-state index contributed by atoms with van der Waals surface area (Å²) in [6, 6.07) is -0.851. The molecule has 1 heterocycles. The topological polar surface area (TPSA) is 92.0 Å². The molecule has 5 nitrogen and oxygen atoms in total. The highest BCUT2D eigenvalue weighted by Crippen LogP contribution is 1.95. The fourth-order valence-electron chi connectivity index (χ4n) is 0.721. The minimum atomic E-state index is -1.00. The predicted octanol–water partition coefficient (Wildman–Crippen LogP) is -0.178. The highest BCUT2D eigenvalue weighted by atomic mass is 19.0. The Bertz CT molecular complexity index is 242. The molecular weight excluding hydrogens is 203 g/mol. The lowest BCUT2D eigenvalue weighted by Gasteiger charge is -2.02. The van der Waals surface area contributed by atoms with Gasteiger partial charge in [0, 0.05) is 18.3 Å². The van der Waals surface area contributed by atoms with E-state index in [-0.39, 0.29) is 20.5 Å². The van der Waals surface area contributed by atoms with Crippen molar-refractivity contribution in [3.63, 3.8) is 0 Å². The maximum Gasteiger partial charge on any atom is 0.320 e. The molecule has 84 valence electrons. The van der Waals surface area contributed by atoms with Crippen LogP contribution in [0.15, 0.2) is 12.5 Å². The summed E-state index contributed by atoms with van der Waals surface area (Å²) in [7, 11) is 0. The van der Waals surface area contributed by atoms with E-state index in [9.17, 15) is 4.79 Å². The van der Waals surface area contributed by atoms with E-state index in [1.807, 2.05) is 0 Å². The second kappa shape index (κ2) is 8.05. The lowest BCUT2D eigenvalue weighted by atomic mass is 10.2. The molecule has 0 fully saturated rings. The lowest BCUT2D eigenvalue weighted by Crippen LogP contribution is -2.32. The van der Waals surface area contributed by atoms with Crippen molar-refractivity contribution in [3.05, 3.63) is 18.2 Å². The fourth-order valence-corrected chi connectivity index (χ4v) is 0.721. The number of carboxylic acids is 1. The first kappa shape index (κ1) is 18.3. The lowest BCUT2D eigenvalue weighted by molar-refractivity contribution is -0.138. The van der Waals surface area contributed by atoms with Gasteiger partial charge in [0.05, 0.1) is 6.33 Å². The minimum absolute atomic E-state index is 0. The van der Waals surface area contributed by atoms with Crippen molar-refractivity contribution in [2.75, 3.05) is 0 Å². The molecule has 0 saturated carbocycles. The van der Waals surface area contributed by atoms with Crippen molar-refractivity contribution in [3.8, 4) is 0 Å². The van der Waals surface area contributed by atoms with E-state index in [4.69, 9.17) is 10.8 Å². The van der Waals surface area contributed by atoms with Crippen LogP contribution in [-0.4, -0.2) is 27.1 Å². The Balaban J connectivity index is -0.000000403. The van der Waals surface area contributed by atoms with Crippen LogP contribution in [0.2, 0.25) is 0 Å². The number of aromatic nitrogens is 2. The van der Waals surface area contributed by atoms with Crippen LogP contribution in [0, 0.1) is 0 Å². The van der Waals surface area contributed by atoms with Crippen LogP contribution in [-0.2, 0) is 11.2 Å². The summed E-state index contributed by atoms with van der Waals surface area (Å²) in [6.45, 7) is 0. The molecule has 1 aromatic rings. The van der Waals surface area contributed by atoms with E-state index in [0.717, 1.165) is 5.69 Å². The van der Waals surface area contributed by atoms with Gasteiger partial charge in [-0.15, -0.1) is 0 Å². The quantitative estimate of drug-likeness (QED) is 0.652. The molecular formula is C6H12F3N3O2. The number of nitrogens with two attached hydrogens (primary N) is 1. The van der Waals surface area contributed by atoms with Gasteiger partial charge in [0.25, 0.3) is 0 Å². The number of nitrogens with one attached hydrogen (secondary N) is 1. The van der Waals surface area contributed by atoms with Crippen LogP contribution in [0.25, 0.3) is 0 Å². The smallest absolute Gasteiger partial charge is 0.320 e. The highest BCUT2D eigenvalue weighted by molar-refractivity contribution is 5.73. The molecule has 1 rings (SSSR count). The molecule has 0 spiro atoms. The maximum absolute atomic E-state index is 10.3. The molecule has 4 N–H and O–H groups in total. The summed E-state index contributed by atoms with van der Waals surface area (Å²) in [5.41, 5.74) is 6.00. The number of aromatic amines is 1. The van der Waals surface area contributed by atoms with Gasteiger partial charge in [0.15, 0.2) is 0 Å². The van der Waals surface area contributed by atoms with E-state index in [1.165, 1.54) is 6.33 Å². The van der Waals surface area contributed by atoms with Gasteiger partial charge in [-0.3, -0.25) is 18.9 Å². The minimum Gasteiger partial charge on any atom is -0.480 e. The molecule has 0 bridgehead atoms. The van der Waals surface area contributed by atoms with Crippen LogP contribution < -0.4 is 5.73 Å². The summed E-state index contributed by atoms with van der Waals surface area (Å²) in [5, 5.41) is 8.42. The zero-order valence-corrected chi connectivity index (χ0v) is 7.04. The van der Waals surface area contributed by atoms with Gasteiger partial charge < -0.3 is 15.8 Å². The third kappa shape index (κ3) is 5.14. The second-order valence-electron chi connectivity index (χ2n) is 2.23. The number of carboxylic acid groups (broad SMARTS) is 1. The molecule has 0 aliphatic heterocycles. The van der Waals surface area contributed by atoms with Crippen molar-refractivity contribution >= 4 is 5.97 Å². The summed E-state index contributed by atoms with van der Waals surface area (Å²) in [5.74, 6) is -1.00. The highest BCUT2D eigenvalue weighted by Gasteiger charge is 2.11. The van der Waals surface area contributed by atoms with Crippen LogP contribution in [0.3, 0.4) is 0 Å². The summed E-state index contributed by atoms with van der Waals surface area (Å²) in [6.07, 6.45) is 3.34. The van der Waals surface area contributed by atoms with Crippen molar-refractivity contribution in [1.82, 2.24) is 9.97 Å². The summed E-state index contributed by atoms with van der Waals surface area (Å²) in [4.78, 5) is 16.8. The van der Waals surface area contributed by atoms with Gasteiger partial charge in [0.2, 0.25) is 0 Å². The van der Waals surface area contributed by atoms with Gasteiger partial charge in [0.1, 0.15) is 6.04 Å². The number of imidazole rings is 1. The molecule has 0 aliphatic carbocycles. The Hall–Kier alpha value is -1.57. The standard InChI is InChI=1S/C6H9N3O2.3FH/c7-5(6(10)11)1-4-2-8-3-9-4;;;/h2-3,5H,1,7H2,(H,8,9)(H,10,11);3*1H/t5-;;;/m0.../s1. The molecule has 0 saturated heterocycles. The van der Waals surface area contributed by atoms with E-state index in [0.29, 0.717) is 0 Å². The molecule has 1 atom stereocenters. The van der Waals surface area contributed by atoms with Gasteiger partial charge in [-0.1, -0.05) is 0 Å². The molecule has 1 aromatic heterocycles. The van der Waals surface area contributed by atoms with Gasteiger partial charge in [-0.2, -0.15) is 0 Å². The molecule has 8 heteroatoms. The van der Waals surface area contributed by atoms with Crippen LogP contribution >= 0.6 is 0 Å².